The smallest absolute Gasteiger partial charge is 0.0725 e. The van der Waals surface area contributed by atoms with E-state index in [0.29, 0.717) is 0 Å². The summed E-state index contributed by atoms with van der Waals surface area (Å²) in [7, 11) is 0. The molecular formula is C76H49N. The summed E-state index contributed by atoms with van der Waals surface area (Å²) in [6.45, 7) is 0. The number of aromatic nitrogens is 1. The van der Waals surface area contributed by atoms with Crippen molar-refractivity contribution >= 4 is 21.8 Å². The van der Waals surface area contributed by atoms with Crippen LogP contribution in [0.15, 0.2) is 279 Å². The molecule has 0 saturated heterocycles. The normalized spacial score (nSPS) is 14.1. The van der Waals surface area contributed by atoms with Gasteiger partial charge in [-0.3, -0.25) is 0 Å². The molecule has 2 spiro atoms. The standard InChI is InChI=1S/C76H49N/c1-2-20-51(21-3-1)77-71-39-17-10-26-56(71)62-47-50(44-45-72(62)77)49-42-40-48(41-43-49)46-61(57-29-18-37-69-73(57)59-27-8-15-35-67(59)75(69)63-31-11-4-22-52(63)53-23-5-12-32-64(53)75)58-30-19-38-70-74(58)60-28-9-16-36-68(60)76(70)65-33-13-6-24-54(65)55-25-7-14-34-66(55)76/h1-45,47,61H,46H2. The maximum Gasteiger partial charge on any atom is 0.0725 e. The minimum absolute atomic E-state index is 0.00332. The summed E-state index contributed by atoms with van der Waals surface area (Å²) in [5.74, 6) is -0.00332. The minimum atomic E-state index is -0.442. The van der Waals surface area contributed by atoms with Crippen LogP contribution in [0, 0.1) is 0 Å². The van der Waals surface area contributed by atoms with Crippen molar-refractivity contribution in [3.63, 3.8) is 0 Å². The zero-order chi connectivity index (χ0) is 50.4. The molecule has 358 valence electrons. The van der Waals surface area contributed by atoms with Crippen LogP contribution in [0.1, 0.15) is 67.1 Å². The van der Waals surface area contributed by atoms with Crippen LogP contribution in [-0.2, 0) is 17.3 Å². The van der Waals surface area contributed by atoms with E-state index in [2.05, 4.69) is 284 Å². The molecule has 0 atom stereocenters. The molecule has 0 unspecified atom stereocenters. The number of hydrogen-bond donors (Lipinski definition) is 0. The molecule has 4 aliphatic rings. The van der Waals surface area contributed by atoms with Gasteiger partial charge in [0, 0.05) is 22.4 Å². The first-order chi connectivity index (χ1) is 38.2. The molecule has 0 radical (unpaired) electrons. The third-order valence-corrected chi connectivity index (χ3v) is 18.3. The fourth-order valence-corrected chi connectivity index (χ4v) is 15.4. The highest BCUT2D eigenvalue weighted by molar-refractivity contribution is 6.10. The summed E-state index contributed by atoms with van der Waals surface area (Å²) in [4.78, 5) is 0. The van der Waals surface area contributed by atoms with Gasteiger partial charge in [-0.1, -0.05) is 249 Å². The Hall–Kier alpha value is -9.56. The average molecular weight is 976 g/mol. The number of rotatable bonds is 6. The van der Waals surface area contributed by atoms with Gasteiger partial charge >= 0.3 is 0 Å². The highest BCUT2D eigenvalue weighted by Gasteiger charge is 2.54. The SMILES string of the molecule is c1ccc(-n2c3ccccc3c3cc(-c4ccc(CC(c5cccc6c5-c5ccccc5C65c6ccccc6-c6ccccc65)c5cccc6c5-c5ccccc5C65c6ccccc6-c6ccccc65)cc4)ccc32)cc1. The summed E-state index contributed by atoms with van der Waals surface area (Å²) in [6, 6.07) is 106. The lowest BCUT2D eigenvalue weighted by Crippen LogP contribution is -2.26. The Balaban J connectivity index is 0.880. The second kappa shape index (κ2) is 16.0. The van der Waals surface area contributed by atoms with Crippen LogP contribution in [0.2, 0.25) is 0 Å². The molecule has 0 saturated carbocycles. The average Bonchev–Trinajstić information content (AvgIpc) is 3.98. The Bertz CT molecular complexity index is 4320. The van der Waals surface area contributed by atoms with Gasteiger partial charge in [-0.2, -0.15) is 0 Å². The maximum atomic E-state index is 2.47. The highest BCUT2D eigenvalue weighted by atomic mass is 15.0. The van der Waals surface area contributed by atoms with Crippen LogP contribution in [0.5, 0.6) is 0 Å². The quantitative estimate of drug-likeness (QED) is 0.156. The lowest BCUT2D eigenvalue weighted by molar-refractivity contribution is 0.776. The van der Waals surface area contributed by atoms with Crippen molar-refractivity contribution in [3.05, 3.63) is 340 Å². The Morgan fingerprint density at radius 2 is 0.675 bits per heavy atom. The van der Waals surface area contributed by atoms with Crippen LogP contribution >= 0.6 is 0 Å². The van der Waals surface area contributed by atoms with Crippen molar-refractivity contribution in [1.29, 1.82) is 0 Å². The molecule has 0 fully saturated rings. The summed E-state index contributed by atoms with van der Waals surface area (Å²) < 4.78 is 2.40. The number of fused-ring (bicyclic) bond motifs is 23. The number of nitrogens with zero attached hydrogens (tertiary/aromatic N) is 1. The van der Waals surface area contributed by atoms with Gasteiger partial charge in [0.05, 0.1) is 21.9 Å². The molecule has 4 aliphatic carbocycles. The summed E-state index contributed by atoms with van der Waals surface area (Å²) in [5.41, 5.74) is 30.9. The summed E-state index contributed by atoms with van der Waals surface area (Å²) >= 11 is 0. The molecule has 0 amide bonds. The number of para-hydroxylation sites is 2. The zero-order valence-corrected chi connectivity index (χ0v) is 42.3. The topological polar surface area (TPSA) is 4.93 Å². The number of hydrogen-bond acceptors (Lipinski definition) is 0. The predicted octanol–water partition coefficient (Wildman–Crippen LogP) is 18.5. The minimum Gasteiger partial charge on any atom is -0.309 e. The van der Waals surface area contributed by atoms with Crippen LogP contribution in [0.4, 0.5) is 0 Å². The Kier molecular flexibility index (Phi) is 8.87. The van der Waals surface area contributed by atoms with Crippen LogP contribution < -0.4 is 0 Å². The van der Waals surface area contributed by atoms with E-state index in [9.17, 15) is 0 Å². The first-order valence-electron chi connectivity index (χ1n) is 27.3. The van der Waals surface area contributed by atoms with Gasteiger partial charge in [0.1, 0.15) is 0 Å². The van der Waals surface area contributed by atoms with Gasteiger partial charge < -0.3 is 4.57 Å². The monoisotopic (exact) mass is 975 g/mol. The van der Waals surface area contributed by atoms with Crippen LogP contribution in [-0.4, -0.2) is 4.57 Å². The lowest BCUT2D eigenvalue weighted by atomic mass is 9.69. The fraction of sp³-hybridized carbons (Fsp3) is 0.0526. The van der Waals surface area contributed by atoms with E-state index in [1.54, 1.807) is 0 Å². The predicted molar refractivity (Wildman–Crippen MR) is 317 cm³/mol. The molecule has 13 aromatic rings. The molecule has 0 aliphatic heterocycles. The first kappa shape index (κ1) is 42.8. The van der Waals surface area contributed by atoms with Crippen LogP contribution in [0.25, 0.3) is 83.1 Å². The molecule has 1 heteroatoms. The molecule has 1 aromatic heterocycles. The van der Waals surface area contributed by atoms with E-state index in [-0.39, 0.29) is 5.92 Å². The maximum absolute atomic E-state index is 2.47. The van der Waals surface area contributed by atoms with E-state index < -0.39 is 10.8 Å². The highest BCUT2D eigenvalue weighted by Crippen LogP contribution is 2.66. The van der Waals surface area contributed by atoms with Crippen molar-refractivity contribution in [2.24, 2.45) is 0 Å². The van der Waals surface area contributed by atoms with Gasteiger partial charge in [-0.15, -0.1) is 0 Å². The van der Waals surface area contributed by atoms with Crippen LogP contribution in [0.3, 0.4) is 0 Å². The molecular weight excluding hydrogens is 927 g/mol. The largest absolute Gasteiger partial charge is 0.309 e. The molecule has 0 bridgehead atoms. The number of benzene rings is 12. The fourth-order valence-electron chi connectivity index (χ4n) is 15.4. The molecule has 1 heterocycles. The van der Waals surface area contributed by atoms with E-state index in [0.717, 1.165) is 6.42 Å². The van der Waals surface area contributed by atoms with E-state index in [1.807, 2.05) is 0 Å². The van der Waals surface area contributed by atoms with Gasteiger partial charge in [0.2, 0.25) is 0 Å². The Labute approximate surface area is 448 Å². The third kappa shape index (κ3) is 5.58. The Morgan fingerprint density at radius 1 is 0.286 bits per heavy atom. The molecule has 1 nitrogen and oxygen atoms in total. The second-order valence-electron chi connectivity index (χ2n) is 21.7. The van der Waals surface area contributed by atoms with Gasteiger partial charge in [-0.05, 0) is 154 Å². The van der Waals surface area contributed by atoms with Gasteiger partial charge in [-0.25, -0.2) is 0 Å². The van der Waals surface area contributed by atoms with Crippen molar-refractivity contribution in [2.75, 3.05) is 0 Å². The van der Waals surface area contributed by atoms with E-state index in [4.69, 9.17) is 0 Å². The van der Waals surface area contributed by atoms with Gasteiger partial charge in [0.15, 0.2) is 0 Å². The van der Waals surface area contributed by atoms with Crippen molar-refractivity contribution < 1.29 is 0 Å². The van der Waals surface area contributed by atoms with E-state index >= 15 is 0 Å². The van der Waals surface area contributed by atoms with E-state index in [1.165, 1.54) is 144 Å². The molecule has 12 aromatic carbocycles. The zero-order valence-electron chi connectivity index (χ0n) is 42.3. The Morgan fingerprint density at radius 3 is 1.18 bits per heavy atom. The summed E-state index contributed by atoms with van der Waals surface area (Å²) in [5, 5.41) is 2.53. The molecule has 0 N–H and O–H groups in total. The molecule has 77 heavy (non-hydrogen) atoms. The second-order valence-corrected chi connectivity index (χ2v) is 21.7. The summed E-state index contributed by atoms with van der Waals surface area (Å²) in [6.07, 6.45) is 0.821. The van der Waals surface area contributed by atoms with Crippen molar-refractivity contribution in [3.8, 4) is 61.3 Å². The van der Waals surface area contributed by atoms with Crippen molar-refractivity contribution in [2.45, 2.75) is 23.2 Å². The first-order valence-corrected chi connectivity index (χ1v) is 27.3. The lowest BCUT2D eigenvalue weighted by Gasteiger charge is -2.31. The van der Waals surface area contributed by atoms with Gasteiger partial charge in [0.25, 0.3) is 0 Å². The molecule has 17 rings (SSSR count). The van der Waals surface area contributed by atoms with Crippen molar-refractivity contribution in [1.82, 2.24) is 4.57 Å². The third-order valence-electron chi connectivity index (χ3n) is 18.3.